The molecule has 26 heteroatoms. The molecule has 0 bridgehead atoms. The van der Waals surface area contributed by atoms with E-state index >= 15 is 0 Å². The van der Waals surface area contributed by atoms with Crippen LogP contribution < -0.4 is 0 Å². The maximum Gasteiger partial charge on any atom is 0.340 e. The van der Waals surface area contributed by atoms with Crippen LogP contribution in [0.4, 0.5) is 0 Å². The highest BCUT2D eigenvalue weighted by molar-refractivity contribution is 6.10. The standard InChI is InChI=1S/C41H28O26/c42-13-1-8(2-14(43)24(13)48)36(57)67-41-35-34(65-39(60)11-5-17(46)27(51)31(55)22(11)23-12(40(61)66-35)6-18(47)28(52)32(23)56)33-19(63-41)7-62-37(58)9-3-15(44)25(49)29(53)20(9)21-10(38(59)64-33)4-16(45)26(50)30(21)54/h1-6,19,33-35,41-56H,7H2/t19?,33-,34+,35?,41+/m1/s1. The van der Waals surface area contributed by atoms with Gasteiger partial charge in [-0.05, 0) is 36.4 Å². The number of rotatable bonds is 2. The number of hydrogen-bond acceptors (Lipinski definition) is 26. The number of cyclic esters (lactones) is 1. The summed E-state index contributed by atoms with van der Waals surface area (Å²) in [5.41, 5.74) is -9.31. The molecule has 3 aliphatic rings. The normalized spacial score (nSPS) is 20.0. The lowest BCUT2D eigenvalue weighted by atomic mass is 9.91. The number of carbonyl (C=O) groups excluding carboxylic acids is 5. The minimum absolute atomic E-state index is 0.408. The predicted octanol–water partition coefficient (Wildman–Crippen LogP) is 1.65. The van der Waals surface area contributed by atoms with E-state index in [1.165, 1.54) is 0 Å². The molecule has 8 rings (SSSR count). The van der Waals surface area contributed by atoms with E-state index in [4.69, 9.17) is 28.4 Å². The van der Waals surface area contributed by atoms with Gasteiger partial charge in [0, 0.05) is 22.3 Å². The third-order valence-electron chi connectivity index (χ3n) is 10.6. The van der Waals surface area contributed by atoms with Gasteiger partial charge in [-0.3, -0.25) is 0 Å². The molecule has 0 radical (unpaired) electrons. The number of phenolic OH excluding ortho intramolecular Hbond substituents is 15. The molecule has 2 unspecified atom stereocenters. The highest BCUT2D eigenvalue weighted by Gasteiger charge is 2.56. The predicted molar refractivity (Wildman–Crippen MR) is 207 cm³/mol. The highest BCUT2D eigenvalue weighted by Crippen LogP contribution is 2.55. The van der Waals surface area contributed by atoms with Crippen molar-refractivity contribution in [3.8, 4) is 108 Å². The lowest BCUT2D eigenvalue weighted by Gasteiger charge is -2.44. The van der Waals surface area contributed by atoms with Gasteiger partial charge in [0.2, 0.25) is 35.4 Å². The van der Waals surface area contributed by atoms with Gasteiger partial charge in [0.05, 0.1) is 27.8 Å². The summed E-state index contributed by atoms with van der Waals surface area (Å²) in [6.45, 7) is -1.25. The van der Waals surface area contributed by atoms with E-state index in [0.717, 1.165) is 0 Å². The largest absolute Gasteiger partial charge is 0.504 e. The van der Waals surface area contributed by atoms with Crippen LogP contribution in [0, 0.1) is 0 Å². The van der Waals surface area contributed by atoms with Gasteiger partial charge >= 0.3 is 29.8 Å². The summed E-state index contributed by atoms with van der Waals surface area (Å²) in [7, 11) is 0. The number of phenols is 15. The first-order valence-corrected chi connectivity index (χ1v) is 18.6. The zero-order chi connectivity index (χ0) is 48.8. The molecule has 5 aromatic rings. The summed E-state index contributed by atoms with van der Waals surface area (Å²) < 4.78 is 33.6. The van der Waals surface area contributed by atoms with Crippen molar-refractivity contribution in [3.63, 3.8) is 0 Å². The average molecular weight is 937 g/mol. The second-order valence-electron chi connectivity index (χ2n) is 14.6. The van der Waals surface area contributed by atoms with Crippen LogP contribution in [0.15, 0.2) is 36.4 Å². The van der Waals surface area contributed by atoms with Crippen LogP contribution in [0.3, 0.4) is 0 Å². The van der Waals surface area contributed by atoms with Crippen molar-refractivity contribution in [2.75, 3.05) is 6.61 Å². The molecule has 0 spiro atoms. The van der Waals surface area contributed by atoms with Crippen molar-refractivity contribution in [3.05, 3.63) is 64.2 Å². The van der Waals surface area contributed by atoms with Gasteiger partial charge in [-0.1, -0.05) is 0 Å². The Morgan fingerprint density at radius 2 is 0.746 bits per heavy atom. The van der Waals surface area contributed by atoms with Crippen LogP contribution in [-0.2, 0) is 28.4 Å². The van der Waals surface area contributed by atoms with Crippen molar-refractivity contribution in [2.24, 2.45) is 0 Å². The second kappa shape index (κ2) is 15.6. The summed E-state index contributed by atoms with van der Waals surface area (Å²) in [6.07, 6.45) is -12.1. The fraction of sp³-hybridized carbons (Fsp3) is 0.146. The molecule has 3 heterocycles. The minimum atomic E-state index is -2.53. The molecule has 67 heavy (non-hydrogen) atoms. The maximum absolute atomic E-state index is 14.4. The highest BCUT2D eigenvalue weighted by atomic mass is 16.7. The van der Waals surface area contributed by atoms with Gasteiger partial charge < -0.3 is 105 Å². The molecule has 348 valence electrons. The van der Waals surface area contributed by atoms with Crippen LogP contribution in [0.2, 0.25) is 0 Å². The van der Waals surface area contributed by atoms with Gasteiger partial charge in [0.1, 0.15) is 12.7 Å². The van der Waals surface area contributed by atoms with Gasteiger partial charge in [-0.2, -0.15) is 0 Å². The average Bonchev–Trinajstić information content (AvgIpc) is 3.29. The number of carbonyl (C=O) groups is 5. The first-order valence-electron chi connectivity index (χ1n) is 18.6. The van der Waals surface area contributed by atoms with Crippen LogP contribution >= 0.6 is 0 Å². The summed E-state index contributed by atoms with van der Waals surface area (Å²) in [4.78, 5) is 70.7. The zero-order valence-electron chi connectivity index (χ0n) is 32.8. The Labute approximate surface area is 368 Å². The molecule has 0 aromatic heterocycles. The molecule has 1 fully saturated rings. The summed E-state index contributed by atoms with van der Waals surface area (Å²) >= 11 is 0. The Morgan fingerprint density at radius 3 is 1.13 bits per heavy atom. The molecule has 1 saturated heterocycles. The Bertz CT molecular complexity index is 3020. The van der Waals surface area contributed by atoms with Crippen LogP contribution in [-0.4, -0.2) is 144 Å². The number of benzene rings is 5. The first-order chi connectivity index (χ1) is 31.5. The summed E-state index contributed by atoms with van der Waals surface area (Å²) in [6, 6.07) is 2.84. The molecule has 26 nitrogen and oxygen atoms in total. The smallest absolute Gasteiger partial charge is 0.340 e. The van der Waals surface area contributed by atoms with Gasteiger partial charge in [-0.25, -0.2) is 24.0 Å². The van der Waals surface area contributed by atoms with E-state index < -0.39 is 203 Å². The molecule has 0 amide bonds. The first kappa shape index (κ1) is 44.0. The number of ether oxygens (including phenoxy) is 6. The molecule has 0 aliphatic carbocycles. The van der Waals surface area contributed by atoms with Crippen molar-refractivity contribution >= 4 is 29.8 Å². The fourth-order valence-electron chi connectivity index (χ4n) is 7.44. The Hall–Kier alpha value is -9.59. The molecular formula is C41H28O26. The number of aromatic hydroxyl groups is 15. The molecule has 5 atom stereocenters. The van der Waals surface area contributed by atoms with Gasteiger partial charge in [0.25, 0.3) is 0 Å². The molecule has 5 aromatic carbocycles. The molecule has 0 saturated carbocycles. The maximum atomic E-state index is 14.4. The second-order valence-corrected chi connectivity index (χ2v) is 14.6. The Kier molecular flexibility index (Phi) is 10.2. The number of esters is 5. The third kappa shape index (κ3) is 6.91. The van der Waals surface area contributed by atoms with Crippen molar-refractivity contribution in [1.29, 1.82) is 0 Å². The van der Waals surface area contributed by atoms with Crippen LogP contribution in [0.25, 0.3) is 22.3 Å². The van der Waals surface area contributed by atoms with Gasteiger partial charge in [0.15, 0.2) is 75.5 Å². The zero-order valence-corrected chi connectivity index (χ0v) is 32.8. The van der Waals surface area contributed by atoms with E-state index in [1.807, 2.05) is 0 Å². The lowest BCUT2D eigenvalue weighted by molar-refractivity contribution is -0.282. The van der Waals surface area contributed by atoms with E-state index in [1.54, 1.807) is 0 Å². The molecule has 15 N–H and O–H groups in total. The number of hydrogen-bond donors (Lipinski definition) is 15. The fourth-order valence-corrected chi connectivity index (χ4v) is 7.44. The SMILES string of the molecule is O=C(O[C@@H]1OC2COC(=O)c3cc(O)c(O)c(O)c3-c3c(cc(O)c(O)c3O)C(=O)O[C@H]2[C@@H]2OC(=O)c3cc(O)c(O)c(O)c3-c3c(cc(O)c(O)c3O)C(=O)OC12)c1cc(O)c(O)c(O)c1. The minimum Gasteiger partial charge on any atom is -0.504 e. The Balaban J connectivity index is 1.37. The summed E-state index contributed by atoms with van der Waals surface area (Å²) in [5.74, 6) is -28.2. The van der Waals surface area contributed by atoms with Crippen LogP contribution in [0.1, 0.15) is 51.8 Å². The van der Waals surface area contributed by atoms with Gasteiger partial charge in [-0.15, -0.1) is 0 Å². The Morgan fingerprint density at radius 1 is 0.418 bits per heavy atom. The van der Waals surface area contributed by atoms with Crippen molar-refractivity contribution < 1.29 is 129 Å². The van der Waals surface area contributed by atoms with Crippen molar-refractivity contribution in [1.82, 2.24) is 0 Å². The molecular weight excluding hydrogens is 908 g/mol. The molecule has 3 aliphatic heterocycles. The topological polar surface area (TPSA) is 444 Å². The van der Waals surface area contributed by atoms with E-state index in [2.05, 4.69) is 0 Å². The number of fused-ring (bicyclic) bond motifs is 9. The third-order valence-corrected chi connectivity index (χ3v) is 10.6. The quantitative estimate of drug-likeness (QED) is 0.0679. The van der Waals surface area contributed by atoms with E-state index in [-0.39, 0.29) is 0 Å². The van der Waals surface area contributed by atoms with E-state index in [9.17, 15) is 101 Å². The van der Waals surface area contributed by atoms with Crippen molar-refractivity contribution in [2.45, 2.75) is 30.7 Å². The van der Waals surface area contributed by atoms with E-state index in [0.29, 0.717) is 36.4 Å². The monoisotopic (exact) mass is 936 g/mol. The van der Waals surface area contributed by atoms with Crippen LogP contribution in [0.5, 0.6) is 86.2 Å². The summed E-state index contributed by atoms with van der Waals surface area (Å²) in [5, 5.41) is 158. The lowest BCUT2D eigenvalue weighted by Crippen LogP contribution is -2.63.